The fraction of sp³-hybridized carbons (Fsp3) is 0.900. The van der Waals surface area contributed by atoms with E-state index in [1.54, 1.807) is 0 Å². The van der Waals surface area contributed by atoms with Crippen LogP contribution in [-0.4, -0.2) is 25.2 Å². The van der Waals surface area contributed by atoms with Crippen LogP contribution in [0.1, 0.15) is 34.1 Å². The highest BCUT2D eigenvalue weighted by atomic mass is 16.5. The summed E-state index contributed by atoms with van der Waals surface area (Å²) in [5.41, 5.74) is 0. The summed E-state index contributed by atoms with van der Waals surface area (Å²) in [5, 5.41) is 3.00. The Labute approximate surface area is 80.8 Å². The van der Waals surface area contributed by atoms with Gasteiger partial charge in [-0.05, 0) is 25.8 Å². The summed E-state index contributed by atoms with van der Waals surface area (Å²) in [6, 6.07) is 0. The van der Waals surface area contributed by atoms with Crippen LogP contribution in [0.5, 0.6) is 0 Å². The first-order valence-electron chi connectivity index (χ1n) is 4.98. The van der Waals surface area contributed by atoms with Gasteiger partial charge in [0, 0.05) is 0 Å². The molecular formula is C10H21NO2. The van der Waals surface area contributed by atoms with E-state index in [0.717, 1.165) is 13.0 Å². The summed E-state index contributed by atoms with van der Waals surface area (Å²) in [5.74, 6) is 0.227. The third kappa shape index (κ3) is 6.58. The summed E-state index contributed by atoms with van der Waals surface area (Å²) in [4.78, 5) is 11.1. The molecule has 3 nitrogen and oxygen atoms in total. The Balaban J connectivity index is 3.50. The van der Waals surface area contributed by atoms with Gasteiger partial charge in [-0.15, -0.1) is 0 Å². The van der Waals surface area contributed by atoms with E-state index in [0.29, 0.717) is 12.5 Å². The lowest BCUT2D eigenvalue weighted by atomic mass is 10.1. The molecule has 0 saturated heterocycles. The SMILES string of the molecule is CCCNCC(=O)OC(C)C(C)C. The van der Waals surface area contributed by atoms with Gasteiger partial charge in [0.15, 0.2) is 0 Å². The van der Waals surface area contributed by atoms with Crippen LogP contribution in [0.2, 0.25) is 0 Å². The number of ether oxygens (including phenoxy) is 1. The minimum atomic E-state index is -0.158. The van der Waals surface area contributed by atoms with Crippen molar-refractivity contribution in [3.8, 4) is 0 Å². The van der Waals surface area contributed by atoms with Gasteiger partial charge in [-0.3, -0.25) is 4.79 Å². The summed E-state index contributed by atoms with van der Waals surface area (Å²) in [6.07, 6.45) is 1.04. The molecule has 78 valence electrons. The lowest BCUT2D eigenvalue weighted by Gasteiger charge is -2.16. The molecule has 0 aliphatic rings. The second-order valence-corrected chi connectivity index (χ2v) is 3.62. The maximum Gasteiger partial charge on any atom is 0.320 e. The molecule has 0 amide bonds. The maximum absolute atomic E-state index is 11.1. The summed E-state index contributed by atoms with van der Waals surface area (Å²) in [7, 11) is 0. The van der Waals surface area contributed by atoms with Crippen molar-refractivity contribution in [2.75, 3.05) is 13.1 Å². The monoisotopic (exact) mass is 187 g/mol. The number of esters is 1. The summed E-state index contributed by atoms with van der Waals surface area (Å²) >= 11 is 0. The minimum Gasteiger partial charge on any atom is -0.461 e. The molecule has 0 aromatic heterocycles. The van der Waals surface area contributed by atoms with Crippen molar-refractivity contribution in [2.45, 2.75) is 40.2 Å². The molecule has 0 rings (SSSR count). The Bertz CT molecular complexity index is 146. The Morgan fingerprint density at radius 1 is 1.38 bits per heavy atom. The molecule has 0 aliphatic carbocycles. The van der Waals surface area contributed by atoms with Gasteiger partial charge in [-0.1, -0.05) is 20.8 Å². The number of carbonyl (C=O) groups excluding carboxylic acids is 1. The molecule has 1 unspecified atom stereocenters. The highest BCUT2D eigenvalue weighted by molar-refractivity contribution is 5.71. The number of carbonyl (C=O) groups is 1. The van der Waals surface area contributed by atoms with Gasteiger partial charge in [0.1, 0.15) is 6.10 Å². The van der Waals surface area contributed by atoms with Crippen molar-refractivity contribution in [1.82, 2.24) is 5.32 Å². The molecule has 0 saturated carbocycles. The van der Waals surface area contributed by atoms with Gasteiger partial charge >= 0.3 is 5.97 Å². The molecule has 0 fully saturated rings. The van der Waals surface area contributed by atoms with Crippen molar-refractivity contribution in [3.05, 3.63) is 0 Å². The highest BCUT2D eigenvalue weighted by Gasteiger charge is 2.11. The van der Waals surface area contributed by atoms with Crippen molar-refractivity contribution >= 4 is 5.97 Å². The van der Waals surface area contributed by atoms with Gasteiger partial charge in [-0.2, -0.15) is 0 Å². The van der Waals surface area contributed by atoms with Crippen LogP contribution in [-0.2, 0) is 9.53 Å². The van der Waals surface area contributed by atoms with E-state index in [4.69, 9.17) is 4.74 Å². The number of hydrogen-bond donors (Lipinski definition) is 1. The van der Waals surface area contributed by atoms with Crippen LogP contribution < -0.4 is 5.32 Å². The molecular weight excluding hydrogens is 166 g/mol. The van der Waals surface area contributed by atoms with Crippen molar-refractivity contribution in [2.24, 2.45) is 5.92 Å². The average molecular weight is 187 g/mol. The van der Waals surface area contributed by atoms with Crippen LogP contribution in [0.15, 0.2) is 0 Å². The molecule has 0 heterocycles. The zero-order valence-corrected chi connectivity index (χ0v) is 9.09. The Morgan fingerprint density at radius 3 is 2.46 bits per heavy atom. The summed E-state index contributed by atoms with van der Waals surface area (Å²) < 4.78 is 5.16. The first-order valence-corrected chi connectivity index (χ1v) is 4.98. The third-order valence-electron chi connectivity index (χ3n) is 1.95. The second kappa shape index (κ2) is 6.89. The van der Waals surface area contributed by atoms with Crippen LogP contribution in [0.25, 0.3) is 0 Å². The molecule has 1 atom stereocenters. The molecule has 0 bridgehead atoms. The van der Waals surface area contributed by atoms with Gasteiger partial charge in [-0.25, -0.2) is 0 Å². The highest BCUT2D eigenvalue weighted by Crippen LogP contribution is 2.04. The average Bonchev–Trinajstić information content (AvgIpc) is 2.04. The van der Waals surface area contributed by atoms with E-state index >= 15 is 0 Å². The van der Waals surface area contributed by atoms with E-state index in [-0.39, 0.29) is 12.1 Å². The predicted molar refractivity (Wildman–Crippen MR) is 53.6 cm³/mol. The normalized spacial score (nSPS) is 13.0. The Morgan fingerprint density at radius 2 is 2.00 bits per heavy atom. The van der Waals surface area contributed by atoms with Crippen LogP contribution in [0, 0.1) is 5.92 Å². The number of nitrogens with one attached hydrogen (secondary N) is 1. The number of hydrogen-bond acceptors (Lipinski definition) is 3. The van der Waals surface area contributed by atoms with Crippen LogP contribution >= 0.6 is 0 Å². The van der Waals surface area contributed by atoms with Gasteiger partial charge < -0.3 is 10.1 Å². The molecule has 0 aromatic carbocycles. The first-order chi connectivity index (χ1) is 6.07. The predicted octanol–water partition coefficient (Wildman–Crippen LogP) is 1.57. The van der Waals surface area contributed by atoms with E-state index < -0.39 is 0 Å². The topological polar surface area (TPSA) is 38.3 Å². The Kier molecular flexibility index (Phi) is 6.59. The molecule has 0 spiro atoms. The lowest BCUT2D eigenvalue weighted by Crippen LogP contribution is -2.29. The molecule has 0 radical (unpaired) electrons. The standard InChI is InChI=1S/C10H21NO2/c1-5-6-11-7-10(12)13-9(4)8(2)3/h8-9,11H,5-7H2,1-4H3. The molecule has 0 aliphatic heterocycles. The van der Waals surface area contributed by atoms with Gasteiger partial charge in [0.2, 0.25) is 0 Å². The molecule has 0 aromatic rings. The van der Waals surface area contributed by atoms with Crippen molar-refractivity contribution in [1.29, 1.82) is 0 Å². The molecule has 3 heteroatoms. The third-order valence-corrected chi connectivity index (χ3v) is 1.95. The van der Waals surface area contributed by atoms with Gasteiger partial charge in [0.25, 0.3) is 0 Å². The fourth-order valence-corrected chi connectivity index (χ4v) is 0.752. The fourth-order valence-electron chi connectivity index (χ4n) is 0.752. The first kappa shape index (κ1) is 12.4. The zero-order chi connectivity index (χ0) is 10.3. The Hall–Kier alpha value is -0.570. The minimum absolute atomic E-state index is 0.0101. The van der Waals surface area contributed by atoms with Crippen LogP contribution in [0.4, 0.5) is 0 Å². The van der Waals surface area contributed by atoms with E-state index in [1.165, 1.54) is 0 Å². The van der Waals surface area contributed by atoms with Gasteiger partial charge in [0.05, 0.1) is 6.54 Å². The summed E-state index contributed by atoms with van der Waals surface area (Å²) in [6.45, 7) is 9.25. The number of rotatable bonds is 6. The van der Waals surface area contributed by atoms with E-state index in [2.05, 4.69) is 12.2 Å². The van der Waals surface area contributed by atoms with Crippen LogP contribution in [0.3, 0.4) is 0 Å². The lowest BCUT2D eigenvalue weighted by molar-refractivity contribution is -0.149. The molecule has 1 N–H and O–H groups in total. The van der Waals surface area contributed by atoms with E-state index in [1.807, 2.05) is 20.8 Å². The smallest absolute Gasteiger partial charge is 0.320 e. The largest absolute Gasteiger partial charge is 0.461 e. The van der Waals surface area contributed by atoms with Crippen molar-refractivity contribution < 1.29 is 9.53 Å². The van der Waals surface area contributed by atoms with Crippen molar-refractivity contribution in [3.63, 3.8) is 0 Å². The van der Waals surface area contributed by atoms with E-state index in [9.17, 15) is 4.79 Å². The maximum atomic E-state index is 11.1. The zero-order valence-electron chi connectivity index (χ0n) is 9.09. The molecule has 13 heavy (non-hydrogen) atoms. The second-order valence-electron chi connectivity index (χ2n) is 3.62. The quantitative estimate of drug-likeness (QED) is 0.507.